The number of rotatable bonds is 3. The van der Waals surface area contributed by atoms with Crippen LogP contribution < -0.4 is 0 Å². The van der Waals surface area contributed by atoms with E-state index in [0.29, 0.717) is 0 Å². The number of aliphatic hydroxyl groups excluding tert-OH is 3. The lowest BCUT2D eigenvalue weighted by atomic mass is 10.1. The summed E-state index contributed by atoms with van der Waals surface area (Å²) in [5.74, 6) is -0.0190. The van der Waals surface area contributed by atoms with Crippen molar-refractivity contribution in [3.63, 3.8) is 0 Å². The number of nitrogens with zero attached hydrogens (tertiary/aromatic N) is 1. The van der Waals surface area contributed by atoms with Gasteiger partial charge in [-0.25, -0.2) is 0 Å². The third-order valence-electron chi connectivity index (χ3n) is 1.63. The van der Waals surface area contributed by atoms with E-state index in [1.165, 1.54) is 12.1 Å². The molecule has 5 nitrogen and oxygen atoms in total. The Morgan fingerprint density at radius 1 is 1.31 bits per heavy atom. The second kappa shape index (κ2) is 4.18. The second-order valence-electron chi connectivity index (χ2n) is 2.64. The van der Waals surface area contributed by atoms with Gasteiger partial charge in [0.15, 0.2) is 0 Å². The molecule has 5 heteroatoms. The van der Waals surface area contributed by atoms with E-state index in [1.54, 1.807) is 0 Å². The highest BCUT2D eigenvalue weighted by Crippen LogP contribution is 2.16. The zero-order valence-corrected chi connectivity index (χ0v) is 6.83. The van der Waals surface area contributed by atoms with Gasteiger partial charge in [-0.05, 0) is 12.1 Å². The van der Waals surface area contributed by atoms with Crippen LogP contribution in [0.1, 0.15) is 11.8 Å². The van der Waals surface area contributed by atoms with Gasteiger partial charge in [0.1, 0.15) is 18.0 Å². The Morgan fingerprint density at radius 3 is 2.46 bits per heavy atom. The summed E-state index contributed by atoms with van der Waals surface area (Å²) in [5, 5.41) is 35.8. The van der Waals surface area contributed by atoms with Gasteiger partial charge in [-0.15, -0.1) is 0 Å². The van der Waals surface area contributed by atoms with Gasteiger partial charge in [0.05, 0.1) is 18.5 Å². The van der Waals surface area contributed by atoms with Crippen molar-refractivity contribution >= 4 is 0 Å². The average Bonchev–Trinajstić information content (AvgIpc) is 2.17. The predicted molar refractivity (Wildman–Crippen MR) is 44.0 cm³/mol. The normalized spacial score (nSPS) is 15.3. The lowest BCUT2D eigenvalue weighted by molar-refractivity contribution is -0.0173. The largest absolute Gasteiger partial charge is 0.506 e. The third kappa shape index (κ3) is 2.38. The van der Waals surface area contributed by atoms with Crippen LogP contribution in [-0.4, -0.2) is 38.1 Å². The highest BCUT2D eigenvalue weighted by Gasteiger charge is 2.18. The van der Waals surface area contributed by atoms with Crippen LogP contribution in [0.25, 0.3) is 0 Å². The first-order valence-electron chi connectivity index (χ1n) is 3.77. The SMILES string of the molecule is OCC(O)C(O)c1ccc(O)cn1. The van der Waals surface area contributed by atoms with Crippen molar-refractivity contribution in [1.29, 1.82) is 0 Å². The van der Waals surface area contributed by atoms with Gasteiger partial charge in [0.25, 0.3) is 0 Å². The van der Waals surface area contributed by atoms with Gasteiger partial charge < -0.3 is 20.4 Å². The Labute approximate surface area is 74.9 Å². The van der Waals surface area contributed by atoms with Gasteiger partial charge >= 0.3 is 0 Å². The van der Waals surface area contributed by atoms with E-state index in [4.69, 9.17) is 15.3 Å². The van der Waals surface area contributed by atoms with Crippen molar-refractivity contribution in [3.8, 4) is 5.75 Å². The molecule has 1 heterocycles. The molecule has 2 unspecified atom stereocenters. The van der Waals surface area contributed by atoms with Crippen LogP contribution in [0.2, 0.25) is 0 Å². The standard InChI is InChI=1S/C8H11NO4/c10-4-7(12)8(13)6-2-1-5(11)3-9-6/h1-3,7-8,10-13H,4H2. The average molecular weight is 185 g/mol. The number of pyridine rings is 1. The van der Waals surface area contributed by atoms with E-state index in [-0.39, 0.29) is 11.4 Å². The van der Waals surface area contributed by atoms with Crippen molar-refractivity contribution in [2.24, 2.45) is 0 Å². The molecule has 13 heavy (non-hydrogen) atoms. The maximum absolute atomic E-state index is 9.33. The molecule has 0 aliphatic rings. The fourth-order valence-corrected chi connectivity index (χ4v) is 0.869. The second-order valence-corrected chi connectivity index (χ2v) is 2.64. The van der Waals surface area contributed by atoms with Crippen LogP contribution >= 0.6 is 0 Å². The van der Waals surface area contributed by atoms with Crippen LogP contribution in [0.15, 0.2) is 18.3 Å². The maximum atomic E-state index is 9.33. The fraction of sp³-hybridized carbons (Fsp3) is 0.375. The summed E-state index contributed by atoms with van der Waals surface area (Å²) >= 11 is 0. The molecule has 0 spiro atoms. The van der Waals surface area contributed by atoms with Crippen LogP contribution in [0.5, 0.6) is 5.75 Å². The van der Waals surface area contributed by atoms with E-state index in [1.807, 2.05) is 0 Å². The molecule has 0 fully saturated rings. The van der Waals surface area contributed by atoms with Crippen LogP contribution in [0.3, 0.4) is 0 Å². The van der Waals surface area contributed by atoms with Gasteiger partial charge in [-0.3, -0.25) is 4.98 Å². The molecule has 0 aliphatic carbocycles. The molecule has 0 amide bonds. The Bertz CT molecular complexity index is 261. The Balaban J connectivity index is 2.77. The van der Waals surface area contributed by atoms with Crippen molar-refractivity contribution in [3.05, 3.63) is 24.0 Å². The molecule has 1 rings (SSSR count). The Kier molecular flexibility index (Phi) is 3.18. The minimum atomic E-state index is -1.25. The highest BCUT2D eigenvalue weighted by atomic mass is 16.4. The molecule has 2 atom stereocenters. The van der Waals surface area contributed by atoms with E-state index in [0.717, 1.165) is 6.20 Å². The van der Waals surface area contributed by atoms with E-state index in [2.05, 4.69) is 4.98 Å². The first-order valence-corrected chi connectivity index (χ1v) is 3.77. The molecule has 4 N–H and O–H groups in total. The third-order valence-corrected chi connectivity index (χ3v) is 1.63. The maximum Gasteiger partial charge on any atom is 0.133 e. The number of aromatic hydroxyl groups is 1. The summed E-state index contributed by atoms with van der Waals surface area (Å²) in [7, 11) is 0. The van der Waals surface area contributed by atoms with Crippen LogP contribution in [0, 0.1) is 0 Å². The van der Waals surface area contributed by atoms with E-state index >= 15 is 0 Å². The highest BCUT2D eigenvalue weighted by molar-refractivity contribution is 5.19. The lowest BCUT2D eigenvalue weighted by Gasteiger charge is -2.14. The first kappa shape index (κ1) is 9.91. The predicted octanol–water partition coefficient (Wildman–Crippen LogP) is -0.826. The Morgan fingerprint density at radius 2 is 2.00 bits per heavy atom. The van der Waals surface area contributed by atoms with Crippen LogP contribution in [-0.2, 0) is 0 Å². The van der Waals surface area contributed by atoms with E-state index in [9.17, 15) is 5.11 Å². The minimum absolute atomic E-state index is 0.0190. The fourth-order valence-electron chi connectivity index (χ4n) is 0.869. The molecular formula is C8H11NO4. The number of hydrogen-bond donors (Lipinski definition) is 4. The van der Waals surface area contributed by atoms with Crippen molar-refractivity contribution in [1.82, 2.24) is 4.98 Å². The molecule has 0 aliphatic heterocycles. The summed E-state index contributed by atoms with van der Waals surface area (Å²) in [5.41, 5.74) is 0.208. The van der Waals surface area contributed by atoms with E-state index < -0.39 is 18.8 Å². The molecule has 1 aromatic heterocycles. The lowest BCUT2D eigenvalue weighted by Crippen LogP contribution is -2.22. The zero-order chi connectivity index (χ0) is 9.84. The summed E-state index contributed by atoms with van der Waals surface area (Å²) in [6.07, 6.45) is -1.33. The number of aromatic nitrogens is 1. The van der Waals surface area contributed by atoms with Gasteiger partial charge in [0, 0.05) is 0 Å². The zero-order valence-electron chi connectivity index (χ0n) is 6.83. The number of aliphatic hydroxyl groups is 3. The minimum Gasteiger partial charge on any atom is -0.506 e. The molecule has 0 radical (unpaired) electrons. The molecule has 0 bridgehead atoms. The smallest absolute Gasteiger partial charge is 0.133 e. The van der Waals surface area contributed by atoms with Crippen LogP contribution in [0.4, 0.5) is 0 Å². The summed E-state index contributed by atoms with van der Waals surface area (Å²) in [6.45, 7) is -0.538. The molecule has 0 aromatic carbocycles. The van der Waals surface area contributed by atoms with Gasteiger partial charge in [0.2, 0.25) is 0 Å². The van der Waals surface area contributed by atoms with Crippen molar-refractivity contribution in [2.45, 2.75) is 12.2 Å². The van der Waals surface area contributed by atoms with Gasteiger partial charge in [-0.1, -0.05) is 0 Å². The summed E-state index contributed by atoms with van der Waals surface area (Å²) in [6, 6.07) is 2.72. The molecule has 72 valence electrons. The topological polar surface area (TPSA) is 93.8 Å². The molecule has 0 saturated heterocycles. The summed E-state index contributed by atoms with van der Waals surface area (Å²) in [4.78, 5) is 3.68. The van der Waals surface area contributed by atoms with Crippen molar-refractivity contribution < 1.29 is 20.4 Å². The van der Waals surface area contributed by atoms with Crippen molar-refractivity contribution in [2.75, 3.05) is 6.61 Å². The Hall–Kier alpha value is -1.17. The first-order chi connectivity index (χ1) is 6.15. The molecular weight excluding hydrogens is 174 g/mol. The molecule has 0 saturated carbocycles. The quantitative estimate of drug-likeness (QED) is 0.493. The monoisotopic (exact) mass is 185 g/mol. The number of hydrogen-bond acceptors (Lipinski definition) is 5. The van der Waals surface area contributed by atoms with Gasteiger partial charge in [-0.2, -0.15) is 0 Å². The molecule has 1 aromatic rings. The summed E-state index contributed by atoms with van der Waals surface area (Å²) < 4.78 is 0.